The summed E-state index contributed by atoms with van der Waals surface area (Å²) in [5.74, 6) is 2.60. The fraction of sp³-hybridized carbons (Fsp3) is 0.538. The maximum atomic E-state index is 5.98. The van der Waals surface area contributed by atoms with Crippen molar-refractivity contribution < 1.29 is 4.74 Å². The Labute approximate surface area is 106 Å². The highest BCUT2D eigenvalue weighted by Gasteiger charge is 2.28. The van der Waals surface area contributed by atoms with Crippen LogP contribution in [0, 0.1) is 11.8 Å². The summed E-state index contributed by atoms with van der Waals surface area (Å²) >= 11 is 0. The van der Waals surface area contributed by atoms with Gasteiger partial charge in [-0.2, -0.15) is 4.98 Å². The van der Waals surface area contributed by atoms with Crippen molar-refractivity contribution in [3.63, 3.8) is 0 Å². The van der Waals surface area contributed by atoms with Gasteiger partial charge in [-0.05, 0) is 30.7 Å². The Hall–Kier alpha value is -1.78. The van der Waals surface area contributed by atoms with E-state index < -0.39 is 0 Å². The molecule has 0 bridgehead atoms. The Morgan fingerprint density at radius 1 is 1.44 bits per heavy atom. The van der Waals surface area contributed by atoms with Gasteiger partial charge in [0.1, 0.15) is 5.52 Å². The second kappa shape index (κ2) is 4.15. The summed E-state index contributed by atoms with van der Waals surface area (Å²) in [6, 6.07) is 3.71. The zero-order chi connectivity index (χ0) is 12.7. The Morgan fingerprint density at radius 2 is 2.22 bits per heavy atom. The molecule has 2 aromatic heterocycles. The number of nitrogens with zero attached hydrogens (tertiary/aromatic N) is 3. The fourth-order valence-electron chi connectivity index (χ4n) is 2.40. The highest BCUT2D eigenvalue weighted by atomic mass is 16.5. The lowest BCUT2D eigenvalue weighted by Gasteiger charge is -2.12. The molecule has 1 atom stereocenters. The summed E-state index contributed by atoms with van der Waals surface area (Å²) in [6.07, 6.45) is 2.68. The van der Waals surface area contributed by atoms with E-state index in [1.54, 1.807) is 7.11 Å². The number of rotatable bonds is 4. The normalized spacial score (nSPS) is 17.0. The van der Waals surface area contributed by atoms with Crippen LogP contribution in [0.25, 0.3) is 11.2 Å². The molecule has 1 aliphatic carbocycles. The van der Waals surface area contributed by atoms with Crippen LogP contribution in [0.2, 0.25) is 0 Å². The molecule has 5 heteroatoms. The van der Waals surface area contributed by atoms with E-state index in [0.29, 0.717) is 17.7 Å². The molecule has 3 rings (SSSR count). The van der Waals surface area contributed by atoms with Crippen LogP contribution < -0.4 is 10.5 Å². The molecule has 18 heavy (non-hydrogen) atoms. The predicted octanol–water partition coefficient (Wildman–Crippen LogP) is 2.07. The van der Waals surface area contributed by atoms with Gasteiger partial charge in [0.05, 0.1) is 7.11 Å². The number of fused-ring (bicyclic) bond motifs is 1. The standard InChI is InChI=1S/C13H18N4O/c1-8(9-3-4-9)7-17-12-10(15-13(17)14)5-6-11(16-12)18-2/h5-6,8-9H,3-4,7H2,1-2H3,(H2,14,15). The highest BCUT2D eigenvalue weighted by molar-refractivity contribution is 5.74. The molecule has 2 heterocycles. The van der Waals surface area contributed by atoms with Crippen molar-refractivity contribution in [1.29, 1.82) is 0 Å². The van der Waals surface area contributed by atoms with E-state index in [4.69, 9.17) is 10.5 Å². The summed E-state index contributed by atoms with van der Waals surface area (Å²) in [7, 11) is 1.62. The van der Waals surface area contributed by atoms with Crippen molar-refractivity contribution in [2.75, 3.05) is 12.8 Å². The smallest absolute Gasteiger partial charge is 0.215 e. The van der Waals surface area contributed by atoms with Gasteiger partial charge in [0.25, 0.3) is 0 Å². The van der Waals surface area contributed by atoms with Gasteiger partial charge in [0.15, 0.2) is 5.65 Å². The van der Waals surface area contributed by atoms with Crippen LogP contribution in [-0.2, 0) is 6.54 Å². The third-order valence-corrected chi connectivity index (χ3v) is 3.70. The lowest BCUT2D eigenvalue weighted by molar-refractivity contribution is 0.397. The average Bonchev–Trinajstić information content (AvgIpc) is 3.16. The first-order valence-electron chi connectivity index (χ1n) is 6.36. The van der Waals surface area contributed by atoms with E-state index in [1.165, 1.54) is 12.8 Å². The molecule has 0 saturated heterocycles. The second-order valence-corrected chi connectivity index (χ2v) is 5.09. The van der Waals surface area contributed by atoms with Gasteiger partial charge in [-0.15, -0.1) is 0 Å². The summed E-state index contributed by atoms with van der Waals surface area (Å²) in [6.45, 7) is 3.15. The lowest BCUT2D eigenvalue weighted by atomic mass is 10.1. The number of pyridine rings is 1. The third-order valence-electron chi connectivity index (χ3n) is 3.70. The van der Waals surface area contributed by atoms with E-state index >= 15 is 0 Å². The molecule has 96 valence electrons. The van der Waals surface area contributed by atoms with E-state index in [0.717, 1.165) is 23.6 Å². The second-order valence-electron chi connectivity index (χ2n) is 5.09. The van der Waals surface area contributed by atoms with Gasteiger partial charge >= 0.3 is 0 Å². The zero-order valence-electron chi connectivity index (χ0n) is 10.8. The van der Waals surface area contributed by atoms with Crippen molar-refractivity contribution >= 4 is 17.1 Å². The first kappa shape index (κ1) is 11.3. The minimum absolute atomic E-state index is 0.540. The van der Waals surface area contributed by atoms with Crippen LogP contribution in [0.3, 0.4) is 0 Å². The van der Waals surface area contributed by atoms with Crippen LogP contribution in [0.15, 0.2) is 12.1 Å². The maximum Gasteiger partial charge on any atom is 0.215 e. The van der Waals surface area contributed by atoms with E-state index in [2.05, 4.69) is 16.9 Å². The Kier molecular flexibility index (Phi) is 2.61. The van der Waals surface area contributed by atoms with Gasteiger partial charge in [-0.1, -0.05) is 6.92 Å². The molecule has 2 N–H and O–H groups in total. The highest BCUT2D eigenvalue weighted by Crippen LogP contribution is 2.38. The molecule has 1 fully saturated rings. The van der Waals surface area contributed by atoms with Crippen LogP contribution in [-0.4, -0.2) is 21.6 Å². The number of anilines is 1. The molecule has 1 saturated carbocycles. The molecule has 0 aliphatic heterocycles. The Bertz CT molecular complexity index is 574. The first-order valence-corrected chi connectivity index (χ1v) is 6.36. The van der Waals surface area contributed by atoms with Crippen molar-refractivity contribution in [2.24, 2.45) is 11.8 Å². The summed E-state index contributed by atoms with van der Waals surface area (Å²) < 4.78 is 7.16. The molecular formula is C13H18N4O. The van der Waals surface area contributed by atoms with Gasteiger partial charge in [-0.25, -0.2) is 4.98 Å². The Morgan fingerprint density at radius 3 is 2.89 bits per heavy atom. The molecule has 0 amide bonds. The predicted molar refractivity (Wildman–Crippen MR) is 70.4 cm³/mol. The summed E-state index contributed by atoms with van der Waals surface area (Å²) in [4.78, 5) is 8.79. The SMILES string of the molecule is COc1ccc2nc(N)n(CC(C)C3CC3)c2n1. The van der Waals surface area contributed by atoms with Crippen molar-refractivity contribution in [3.8, 4) is 5.88 Å². The first-order chi connectivity index (χ1) is 8.69. The fourth-order valence-corrected chi connectivity index (χ4v) is 2.40. The number of aromatic nitrogens is 3. The largest absolute Gasteiger partial charge is 0.481 e. The van der Waals surface area contributed by atoms with Gasteiger partial charge in [0.2, 0.25) is 11.8 Å². The number of ether oxygens (including phenoxy) is 1. The molecular weight excluding hydrogens is 228 g/mol. The molecule has 2 aromatic rings. The summed E-state index contributed by atoms with van der Waals surface area (Å²) in [5.41, 5.74) is 7.63. The van der Waals surface area contributed by atoms with Gasteiger partial charge in [-0.3, -0.25) is 4.57 Å². The average molecular weight is 246 g/mol. The molecule has 0 spiro atoms. The maximum absolute atomic E-state index is 5.98. The number of imidazole rings is 1. The molecule has 1 aliphatic rings. The zero-order valence-corrected chi connectivity index (χ0v) is 10.8. The van der Waals surface area contributed by atoms with Gasteiger partial charge < -0.3 is 10.5 Å². The quantitative estimate of drug-likeness (QED) is 0.896. The van der Waals surface area contributed by atoms with Crippen molar-refractivity contribution in [1.82, 2.24) is 14.5 Å². The minimum Gasteiger partial charge on any atom is -0.481 e. The lowest BCUT2D eigenvalue weighted by Crippen LogP contribution is -2.12. The number of methoxy groups -OCH3 is 1. The number of nitrogen functional groups attached to an aromatic ring is 1. The van der Waals surface area contributed by atoms with Gasteiger partial charge in [0, 0.05) is 12.6 Å². The van der Waals surface area contributed by atoms with E-state index in [-0.39, 0.29) is 0 Å². The van der Waals surface area contributed by atoms with Crippen LogP contribution in [0.4, 0.5) is 5.95 Å². The Balaban J connectivity index is 1.99. The van der Waals surface area contributed by atoms with Crippen LogP contribution in [0.5, 0.6) is 5.88 Å². The van der Waals surface area contributed by atoms with Crippen molar-refractivity contribution in [3.05, 3.63) is 12.1 Å². The number of hydrogen-bond acceptors (Lipinski definition) is 4. The molecule has 0 radical (unpaired) electrons. The topological polar surface area (TPSA) is 66.0 Å². The molecule has 5 nitrogen and oxygen atoms in total. The molecule has 0 aromatic carbocycles. The number of nitrogens with two attached hydrogens (primary N) is 1. The van der Waals surface area contributed by atoms with Crippen LogP contribution in [0.1, 0.15) is 19.8 Å². The third kappa shape index (κ3) is 1.89. The summed E-state index contributed by atoms with van der Waals surface area (Å²) in [5, 5.41) is 0. The number of hydrogen-bond donors (Lipinski definition) is 1. The van der Waals surface area contributed by atoms with Crippen molar-refractivity contribution in [2.45, 2.75) is 26.3 Å². The van der Waals surface area contributed by atoms with E-state index in [1.807, 2.05) is 16.7 Å². The monoisotopic (exact) mass is 246 g/mol. The minimum atomic E-state index is 0.540. The molecule has 1 unspecified atom stereocenters. The van der Waals surface area contributed by atoms with Crippen LogP contribution >= 0.6 is 0 Å². The van der Waals surface area contributed by atoms with E-state index in [9.17, 15) is 0 Å².